The monoisotopic (exact) mass is 292 g/mol. The molecule has 1 amide bonds. The van der Waals surface area contributed by atoms with Gasteiger partial charge in [0.05, 0.1) is 18.0 Å². The number of hydrogen-bond donors (Lipinski definition) is 2. The maximum absolute atomic E-state index is 11.2. The first-order valence-electron chi connectivity index (χ1n) is 5.93. The zero-order chi connectivity index (χ0) is 15.0. The molecular weight excluding hydrogens is 276 g/mol. The number of hydrogen-bond acceptors (Lipinski definition) is 5. The molecule has 0 heterocycles. The van der Waals surface area contributed by atoms with Crippen molar-refractivity contribution >= 4 is 34.2 Å². The number of nitrogens with one attached hydrogen (secondary N) is 2. The van der Waals surface area contributed by atoms with Gasteiger partial charge in [-0.1, -0.05) is 11.8 Å². The minimum absolute atomic E-state index is 0.190. The summed E-state index contributed by atoms with van der Waals surface area (Å²) in [6, 6.07) is 5.18. The molecule has 0 aromatic heterocycles. The van der Waals surface area contributed by atoms with Crippen molar-refractivity contribution in [3.05, 3.63) is 18.2 Å². The molecule has 1 aromatic rings. The molecular formula is C13H16N4O2S. The lowest BCUT2D eigenvalue weighted by molar-refractivity contribution is -0.114. The maximum Gasteiger partial charge on any atom is 0.221 e. The van der Waals surface area contributed by atoms with E-state index in [1.54, 1.807) is 24.5 Å². The van der Waals surface area contributed by atoms with Gasteiger partial charge in [0.15, 0.2) is 11.4 Å². The summed E-state index contributed by atoms with van der Waals surface area (Å²) in [5.74, 6) is 0.460. The third kappa shape index (κ3) is 4.82. The fourth-order valence-electron chi connectivity index (χ4n) is 1.44. The minimum Gasteiger partial charge on any atom is -0.494 e. The Morgan fingerprint density at radius 3 is 2.85 bits per heavy atom. The lowest BCUT2D eigenvalue weighted by Gasteiger charge is -2.10. The number of rotatable bonds is 4. The van der Waals surface area contributed by atoms with Gasteiger partial charge in [0.1, 0.15) is 5.75 Å². The van der Waals surface area contributed by atoms with E-state index < -0.39 is 0 Å². The van der Waals surface area contributed by atoms with Gasteiger partial charge in [-0.25, -0.2) is 4.99 Å². The molecule has 0 radical (unpaired) electrons. The Kier molecular flexibility index (Phi) is 6.40. The maximum atomic E-state index is 11.2. The number of anilines is 1. The number of carbonyl (C=O) groups is 1. The third-order valence-electron chi connectivity index (χ3n) is 2.17. The van der Waals surface area contributed by atoms with E-state index in [-0.39, 0.29) is 5.91 Å². The molecule has 0 atom stereocenters. The van der Waals surface area contributed by atoms with E-state index in [0.29, 0.717) is 28.9 Å². The second-order valence-electron chi connectivity index (χ2n) is 3.65. The number of nitrogens with zero attached hydrogens (tertiary/aromatic N) is 2. The fraction of sp³-hybridized carbons (Fsp3) is 0.308. The highest BCUT2D eigenvalue weighted by Gasteiger charge is 2.07. The molecule has 1 rings (SSSR count). The molecule has 0 aliphatic heterocycles. The summed E-state index contributed by atoms with van der Waals surface area (Å²) >= 11 is 1.30. The average Bonchev–Trinajstić information content (AvgIpc) is 2.41. The van der Waals surface area contributed by atoms with E-state index >= 15 is 0 Å². The van der Waals surface area contributed by atoms with E-state index in [4.69, 9.17) is 10.00 Å². The van der Waals surface area contributed by atoms with Crippen molar-refractivity contribution in [2.45, 2.75) is 13.8 Å². The third-order valence-corrected chi connectivity index (χ3v) is 2.75. The molecule has 7 heteroatoms. The number of nitriles is 1. The Bertz CT molecular complexity index is 552. The Labute approximate surface area is 122 Å². The van der Waals surface area contributed by atoms with E-state index in [1.165, 1.54) is 18.7 Å². The van der Waals surface area contributed by atoms with Crippen LogP contribution in [0, 0.1) is 11.5 Å². The highest BCUT2D eigenvalue weighted by Crippen LogP contribution is 2.30. The molecule has 106 valence electrons. The van der Waals surface area contributed by atoms with Gasteiger partial charge in [-0.3, -0.25) is 10.1 Å². The summed E-state index contributed by atoms with van der Waals surface area (Å²) in [5, 5.41) is 14.3. The van der Waals surface area contributed by atoms with Crippen LogP contribution in [0.3, 0.4) is 0 Å². The van der Waals surface area contributed by atoms with Crippen molar-refractivity contribution in [3.8, 4) is 11.9 Å². The minimum atomic E-state index is -0.190. The molecule has 0 saturated carbocycles. The van der Waals surface area contributed by atoms with E-state index in [1.807, 2.05) is 13.1 Å². The fourth-order valence-corrected chi connectivity index (χ4v) is 1.77. The molecule has 0 unspecified atom stereocenters. The molecule has 0 bridgehead atoms. The predicted octanol–water partition coefficient (Wildman–Crippen LogP) is 2.46. The molecule has 0 fully saturated rings. The Hall–Kier alpha value is -2.20. The van der Waals surface area contributed by atoms with Crippen molar-refractivity contribution in [1.82, 2.24) is 5.32 Å². The normalized spacial score (nSPS) is 10.6. The molecule has 0 aliphatic rings. The number of amides is 1. The Morgan fingerprint density at radius 1 is 1.55 bits per heavy atom. The van der Waals surface area contributed by atoms with Crippen LogP contribution < -0.4 is 15.4 Å². The van der Waals surface area contributed by atoms with E-state index in [9.17, 15) is 4.79 Å². The van der Waals surface area contributed by atoms with Crippen LogP contribution in [0.4, 0.5) is 11.4 Å². The van der Waals surface area contributed by atoms with Gasteiger partial charge in [-0.15, -0.1) is 0 Å². The van der Waals surface area contributed by atoms with Crippen LogP contribution in [0.15, 0.2) is 23.2 Å². The highest BCUT2D eigenvalue weighted by atomic mass is 32.2. The van der Waals surface area contributed by atoms with Gasteiger partial charge < -0.3 is 10.1 Å². The summed E-state index contributed by atoms with van der Waals surface area (Å²) in [5.41, 5.74) is 1.09. The summed E-state index contributed by atoms with van der Waals surface area (Å²) in [7, 11) is 0. The standard InChI is InChI=1S/C13H16N4O2S/c1-4-19-10-5-6-11(16-9(2)18)12(7-10)17-13(20-3)15-8-14/h5-7H,4H2,1-3H3,(H,15,17)(H,16,18). The molecule has 0 spiro atoms. The first-order valence-corrected chi connectivity index (χ1v) is 7.15. The Balaban J connectivity index is 3.19. The van der Waals surface area contributed by atoms with Crippen molar-refractivity contribution in [1.29, 1.82) is 5.26 Å². The highest BCUT2D eigenvalue weighted by molar-refractivity contribution is 8.13. The smallest absolute Gasteiger partial charge is 0.221 e. The first-order chi connectivity index (χ1) is 9.60. The first kappa shape index (κ1) is 15.9. The topological polar surface area (TPSA) is 86.5 Å². The van der Waals surface area contributed by atoms with Crippen LogP contribution >= 0.6 is 11.8 Å². The van der Waals surface area contributed by atoms with Gasteiger partial charge in [0.2, 0.25) is 5.91 Å². The van der Waals surface area contributed by atoms with Gasteiger partial charge in [-0.2, -0.15) is 5.26 Å². The van der Waals surface area contributed by atoms with Crippen molar-refractivity contribution in [3.63, 3.8) is 0 Å². The number of thioether (sulfide) groups is 1. The number of benzene rings is 1. The number of ether oxygens (including phenoxy) is 1. The van der Waals surface area contributed by atoms with Crippen LogP contribution in [-0.2, 0) is 4.79 Å². The largest absolute Gasteiger partial charge is 0.494 e. The van der Waals surface area contributed by atoms with Crippen LogP contribution in [0.5, 0.6) is 5.75 Å². The van der Waals surface area contributed by atoms with E-state index in [0.717, 1.165) is 0 Å². The zero-order valence-electron chi connectivity index (χ0n) is 11.6. The van der Waals surface area contributed by atoms with Crippen LogP contribution in [0.25, 0.3) is 0 Å². The molecule has 6 nitrogen and oxygen atoms in total. The van der Waals surface area contributed by atoms with Crippen molar-refractivity contribution < 1.29 is 9.53 Å². The van der Waals surface area contributed by atoms with Gasteiger partial charge in [0, 0.05) is 13.0 Å². The summed E-state index contributed by atoms with van der Waals surface area (Å²) in [6.07, 6.45) is 3.62. The van der Waals surface area contributed by atoms with Crippen molar-refractivity contribution in [2.24, 2.45) is 4.99 Å². The molecule has 0 aliphatic carbocycles. The number of carbonyl (C=O) groups excluding carboxylic acids is 1. The Morgan fingerprint density at radius 2 is 2.30 bits per heavy atom. The van der Waals surface area contributed by atoms with E-state index in [2.05, 4.69) is 15.6 Å². The second kappa shape index (κ2) is 8.07. The quantitative estimate of drug-likeness (QED) is 0.385. The summed E-state index contributed by atoms with van der Waals surface area (Å²) < 4.78 is 5.41. The van der Waals surface area contributed by atoms with Crippen molar-refractivity contribution in [2.75, 3.05) is 18.2 Å². The molecule has 20 heavy (non-hydrogen) atoms. The lowest BCUT2D eigenvalue weighted by atomic mass is 10.2. The predicted molar refractivity (Wildman–Crippen MR) is 81.3 cm³/mol. The van der Waals surface area contributed by atoms with Gasteiger partial charge in [0.25, 0.3) is 0 Å². The molecule has 1 aromatic carbocycles. The van der Waals surface area contributed by atoms with Crippen LogP contribution in [0.2, 0.25) is 0 Å². The zero-order valence-corrected chi connectivity index (χ0v) is 12.4. The molecule has 2 N–H and O–H groups in total. The molecule has 0 saturated heterocycles. The number of amidine groups is 1. The SMILES string of the molecule is CCOc1ccc(NC(C)=O)c(N=C(NC#N)SC)c1. The van der Waals surface area contributed by atoms with Crippen LogP contribution in [0.1, 0.15) is 13.8 Å². The van der Waals surface area contributed by atoms with Gasteiger partial charge >= 0.3 is 0 Å². The summed E-state index contributed by atoms with van der Waals surface area (Å²) in [6.45, 7) is 3.84. The number of aliphatic imine (C=N–C) groups is 1. The van der Waals surface area contributed by atoms with Gasteiger partial charge in [-0.05, 0) is 25.3 Å². The van der Waals surface area contributed by atoms with Crippen LogP contribution in [-0.4, -0.2) is 23.9 Å². The lowest BCUT2D eigenvalue weighted by Crippen LogP contribution is -2.13. The summed E-state index contributed by atoms with van der Waals surface area (Å²) in [4.78, 5) is 15.5. The second-order valence-corrected chi connectivity index (χ2v) is 4.45. The average molecular weight is 292 g/mol.